The van der Waals surface area contributed by atoms with Crippen molar-refractivity contribution in [2.75, 3.05) is 12.4 Å². The lowest BCUT2D eigenvalue weighted by Crippen LogP contribution is -2.36. The molecule has 0 saturated heterocycles. The zero-order valence-electron chi connectivity index (χ0n) is 15.3. The van der Waals surface area contributed by atoms with Gasteiger partial charge in [0.2, 0.25) is 11.9 Å². The van der Waals surface area contributed by atoms with Crippen molar-refractivity contribution in [1.29, 1.82) is 0 Å². The summed E-state index contributed by atoms with van der Waals surface area (Å²) in [6, 6.07) is 8.07. The molecule has 2 unspecified atom stereocenters. The van der Waals surface area contributed by atoms with Crippen LogP contribution < -0.4 is 11.1 Å². The van der Waals surface area contributed by atoms with Crippen LogP contribution in [0.3, 0.4) is 0 Å². The van der Waals surface area contributed by atoms with Gasteiger partial charge in [-0.15, -0.1) is 0 Å². The summed E-state index contributed by atoms with van der Waals surface area (Å²) < 4.78 is 5.38. The highest BCUT2D eigenvalue weighted by atomic mass is 16.5. The van der Waals surface area contributed by atoms with E-state index < -0.39 is 0 Å². The quantitative estimate of drug-likeness (QED) is 0.863. The first kappa shape index (κ1) is 18.1. The first-order chi connectivity index (χ1) is 12.5. The number of hydrogen-bond donors (Lipinski definition) is 2. The van der Waals surface area contributed by atoms with Gasteiger partial charge in [0.15, 0.2) is 0 Å². The zero-order valence-corrected chi connectivity index (χ0v) is 15.3. The van der Waals surface area contributed by atoms with Crippen LogP contribution in [0.1, 0.15) is 29.7 Å². The van der Waals surface area contributed by atoms with Crippen molar-refractivity contribution in [2.45, 2.75) is 32.8 Å². The number of nitrogens with zero attached hydrogens (tertiary/aromatic N) is 2. The number of benzene rings is 1. The summed E-state index contributed by atoms with van der Waals surface area (Å²) >= 11 is 0. The number of primary amides is 1. The number of amides is 1. The Kier molecular flexibility index (Phi) is 5.32. The molecule has 0 radical (unpaired) electrons. The maximum Gasteiger partial charge on any atom is 0.227 e. The molecular formula is C20H24N4O2. The number of hydrogen-bond acceptors (Lipinski definition) is 5. The van der Waals surface area contributed by atoms with E-state index in [-0.39, 0.29) is 17.9 Å². The second-order valence-corrected chi connectivity index (χ2v) is 6.72. The number of aryl methyl sites for hydroxylation is 2. The lowest BCUT2D eigenvalue weighted by atomic mass is 9.84. The number of allylic oxidation sites excluding steroid dienone is 1. The Balaban J connectivity index is 1.83. The SMILES string of the molecule is COC1CC=C(c2ccnc(Nc3cc(C)cc(C)c3)n2)CC1C(N)=O. The monoisotopic (exact) mass is 352 g/mol. The van der Waals surface area contributed by atoms with Crippen molar-refractivity contribution >= 4 is 23.1 Å². The highest BCUT2D eigenvalue weighted by molar-refractivity contribution is 5.81. The molecule has 1 aromatic heterocycles. The highest BCUT2D eigenvalue weighted by Gasteiger charge is 2.31. The number of nitrogens with two attached hydrogens (primary N) is 1. The Morgan fingerprint density at radius 3 is 2.65 bits per heavy atom. The van der Waals surface area contributed by atoms with Crippen molar-refractivity contribution in [3.8, 4) is 0 Å². The standard InChI is InChI=1S/C20H24N4O2/c1-12-8-13(2)10-15(9-12)23-20-22-7-6-17(24-20)14-4-5-18(26-3)16(11-14)19(21)25/h4,6-10,16,18H,5,11H2,1-3H3,(H2,21,25)(H,22,23,24). The van der Waals surface area contributed by atoms with E-state index in [0.717, 1.165) is 17.0 Å². The zero-order chi connectivity index (χ0) is 18.7. The van der Waals surface area contributed by atoms with Gasteiger partial charge in [0.05, 0.1) is 17.7 Å². The topological polar surface area (TPSA) is 90.1 Å². The summed E-state index contributed by atoms with van der Waals surface area (Å²) in [7, 11) is 1.61. The van der Waals surface area contributed by atoms with Gasteiger partial charge in [-0.1, -0.05) is 12.1 Å². The molecule has 6 nitrogen and oxygen atoms in total. The molecule has 0 fully saturated rings. The van der Waals surface area contributed by atoms with Gasteiger partial charge in [-0.3, -0.25) is 4.79 Å². The van der Waals surface area contributed by atoms with E-state index in [9.17, 15) is 4.79 Å². The highest BCUT2D eigenvalue weighted by Crippen LogP contribution is 2.32. The molecule has 1 heterocycles. The normalized spacial score (nSPS) is 19.7. The smallest absolute Gasteiger partial charge is 0.227 e. The number of carbonyl (C=O) groups is 1. The number of rotatable bonds is 5. The van der Waals surface area contributed by atoms with Gasteiger partial charge in [0.25, 0.3) is 0 Å². The Morgan fingerprint density at radius 1 is 1.27 bits per heavy atom. The van der Waals surface area contributed by atoms with Crippen LogP contribution in [0.2, 0.25) is 0 Å². The van der Waals surface area contributed by atoms with Crippen LogP contribution in [0.15, 0.2) is 36.5 Å². The van der Waals surface area contributed by atoms with Gasteiger partial charge in [0, 0.05) is 19.0 Å². The maximum absolute atomic E-state index is 11.7. The van der Waals surface area contributed by atoms with E-state index in [0.29, 0.717) is 18.8 Å². The molecule has 0 aliphatic heterocycles. The number of carbonyl (C=O) groups excluding carboxylic acids is 1. The molecule has 2 aromatic rings. The Bertz CT molecular complexity index is 827. The maximum atomic E-state index is 11.7. The summed E-state index contributed by atoms with van der Waals surface area (Å²) in [4.78, 5) is 20.7. The van der Waals surface area contributed by atoms with E-state index in [2.05, 4.69) is 53.4 Å². The van der Waals surface area contributed by atoms with Crippen molar-refractivity contribution in [3.05, 3.63) is 53.4 Å². The predicted octanol–water partition coefficient (Wildman–Crippen LogP) is 3.13. The minimum Gasteiger partial charge on any atom is -0.380 e. The number of ether oxygens (including phenoxy) is 1. The average Bonchev–Trinajstić information content (AvgIpc) is 2.60. The summed E-state index contributed by atoms with van der Waals surface area (Å²) in [5.41, 5.74) is 10.6. The van der Waals surface area contributed by atoms with Crippen LogP contribution in [0.4, 0.5) is 11.6 Å². The molecule has 136 valence electrons. The van der Waals surface area contributed by atoms with Crippen LogP contribution in [-0.4, -0.2) is 29.1 Å². The molecular weight excluding hydrogens is 328 g/mol. The minimum absolute atomic E-state index is 0.175. The molecule has 1 aromatic carbocycles. The molecule has 0 spiro atoms. The van der Waals surface area contributed by atoms with Gasteiger partial charge in [-0.05, 0) is 61.6 Å². The van der Waals surface area contributed by atoms with Crippen LogP contribution in [0, 0.1) is 19.8 Å². The van der Waals surface area contributed by atoms with Gasteiger partial charge < -0.3 is 15.8 Å². The van der Waals surface area contributed by atoms with Gasteiger partial charge >= 0.3 is 0 Å². The number of aromatic nitrogens is 2. The molecule has 6 heteroatoms. The second kappa shape index (κ2) is 7.66. The molecule has 26 heavy (non-hydrogen) atoms. The fourth-order valence-corrected chi connectivity index (χ4v) is 3.40. The lowest BCUT2D eigenvalue weighted by Gasteiger charge is -2.27. The fourth-order valence-electron chi connectivity index (χ4n) is 3.40. The third-order valence-electron chi connectivity index (χ3n) is 4.62. The third-order valence-corrected chi connectivity index (χ3v) is 4.62. The Labute approximate surface area is 153 Å². The van der Waals surface area contributed by atoms with E-state index >= 15 is 0 Å². The first-order valence-electron chi connectivity index (χ1n) is 8.66. The summed E-state index contributed by atoms with van der Waals surface area (Å²) in [5, 5.41) is 3.25. The first-order valence-corrected chi connectivity index (χ1v) is 8.66. The van der Waals surface area contributed by atoms with Crippen molar-refractivity contribution in [1.82, 2.24) is 9.97 Å². The van der Waals surface area contributed by atoms with E-state index in [4.69, 9.17) is 10.5 Å². The predicted molar refractivity (Wildman–Crippen MR) is 102 cm³/mol. The summed E-state index contributed by atoms with van der Waals surface area (Å²) in [6.07, 6.45) is 4.77. The molecule has 3 rings (SSSR count). The van der Waals surface area contributed by atoms with Crippen LogP contribution in [0.5, 0.6) is 0 Å². The summed E-state index contributed by atoms with van der Waals surface area (Å²) in [6.45, 7) is 4.11. The Morgan fingerprint density at radius 2 is 2.00 bits per heavy atom. The third kappa shape index (κ3) is 4.08. The largest absolute Gasteiger partial charge is 0.380 e. The fraction of sp³-hybridized carbons (Fsp3) is 0.350. The van der Waals surface area contributed by atoms with Gasteiger partial charge in [-0.2, -0.15) is 0 Å². The molecule has 0 bridgehead atoms. The number of anilines is 2. The molecule has 2 atom stereocenters. The van der Waals surface area contributed by atoms with Crippen LogP contribution in [-0.2, 0) is 9.53 Å². The van der Waals surface area contributed by atoms with Crippen molar-refractivity contribution in [3.63, 3.8) is 0 Å². The second-order valence-electron chi connectivity index (χ2n) is 6.72. The van der Waals surface area contributed by atoms with Crippen molar-refractivity contribution in [2.24, 2.45) is 11.7 Å². The Hall–Kier alpha value is -2.73. The molecule has 1 aliphatic carbocycles. The summed E-state index contributed by atoms with van der Waals surface area (Å²) in [5.74, 6) is -0.159. The van der Waals surface area contributed by atoms with Crippen LogP contribution in [0.25, 0.3) is 5.57 Å². The lowest BCUT2D eigenvalue weighted by molar-refractivity contribution is -0.126. The van der Waals surface area contributed by atoms with E-state index in [1.165, 1.54) is 11.1 Å². The van der Waals surface area contributed by atoms with Crippen molar-refractivity contribution < 1.29 is 9.53 Å². The van der Waals surface area contributed by atoms with Gasteiger partial charge in [0.1, 0.15) is 0 Å². The molecule has 0 saturated carbocycles. The van der Waals surface area contributed by atoms with E-state index in [1.54, 1.807) is 13.3 Å². The minimum atomic E-state index is -0.343. The molecule has 1 aliphatic rings. The van der Waals surface area contributed by atoms with E-state index in [1.807, 2.05) is 6.07 Å². The van der Waals surface area contributed by atoms with Gasteiger partial charge in [-0.25, -0.2) is 9.97 Å². The molecule has 3 N–H and O–H groups in total. The average molecular weight is 352 g/mol. The molecule has 1 amide bonds. The number of methoxy groups -OCH3 is 1. The van der Waals surface area contributed by atoms with Crippen LogP contribution >= 0.6 is 0 Å². The number of nitrogens with one attached hydrogen (secondary N) is 1.